The third kappa shape index (κ3) is 9.82. The van der Waals surface area contributed by atoms with Crippen molar-refractivity contribution in [2.75, 3.05) is 14.1 Å². The molecule has 0 spiro atoms. The van der Waals surface area contributed by atoms with Gasteiger partial charge in [-0.25, -0.2) is 9.19 Å². The molecule has 0 unspecified atom stereocenters. The second-order valence-corrected chi connectivity index (χ2v) is 4.93. The van der Waals surface area contributed by atoms with Crippen molar-refractivity contribution >= 4 is 30.6 Å². The Morgan fingerprint density at radius 2 is 2.15 bits per heavy atom. The molecule has 1 aromatic rings. The van der Waals surface area contributed by atoms with E-state index in [0.29, 0.717) is 0 Å². The summed E-state index contributed by atoms with van der Waals surface area (Å²) in [6.45, 7) is 0.844. The van der Waals surface area contributed by atoms with Gasteiger partial charge in [0.05, 0.1) is 5.69 Å². The summed E-state index contributed by atoms with van der Waals surface area (Å²) in [6, 6.07) is 0. The number of hydrogen-bond acceptors (Lipinski definition) is 4. The van der Waals surface area contributed by atoms with Gasteiger partial charge < -0.3 is 9.32 Å². The van der Waals surface area contributed by atoms with Crippen molar-refractivity contribution in [3.8, 4) is 0 Å². The average molecular weight is 245 g/mol. The Labute approximate surface area is 88.3 Å². The van der Waals surface area contributed by atoms with Gasteiger partial charge in [-0.1, -0.05) is 0 Å². The van der Waals surface area contributed by atoms with E-state index in [2.05, 4.69) is 26.3 Å². The van der Waals surface area contributed by atoms with Crippen LogP contribution in [-0.2, 0) is 15.8 Å². The largest absolute Gasteiger partial charge is 0.451 e. The van der Waals surface area contributed by atoms with Crippen LogP contribution in [0, 0.1) is 0 Å². The second kappa shape index (κ2) is 7.32. The van der Waals surface area contributed by atoms with Crippen molar-refractivity contribution in [3.05, 3.63) is 18.4 Å². The van der Waals surface area contributed by atoms with Gasteiger partial charge in [0.2, 0.25) is 9.23 Å². The maximum atomic E-state index is 9.09. The molecule has 4 nitrogen and oxygen atoms in total. The second-order valence-electron chi connectivity index (χ2n) is 2.40. The molecular weight excluding hydrogens is 235 g/mol. The third-order valence-electron chi connectivity index (χ3n) is 0.962. The summed E-state index contributed by atoms with van der Waals surface area (Å²) in [5, 5.41) is 0. The van der Waals surface area contributed by atoms with Crippen LogP contribution >= 0.6 is 21.4 Å². The fraction of sp³-hybridized carbons (Fsp3) is 0.500. The van der Waals surface area contributed by atoms with E-state index in [4.69, 9.17) is 8.63 Å². The SMILES string of the molecule is CN(C)Cc1cocn1.O=S(Cl)Cl. The maximum absolute atomic E-state index is 9.09. The normalized spacial score (nSPS) is 10.0. The van der Waals surface area contributed by atoms with E-state index in [1.165, 1.54) is 6.39 Å². The lowest BCUT2D eigenvalue weighted by atomic mass is 10.5. The highest BCUT2D eigenvalue weighted by molar-refractivity contribution is 8.26. The number of hydrogen-bond donors (Lipinski definition) is 0. The summed E-state index contributed by atoms with van der Waals surface area (Å²) >= 11 is 0. The van der Waals surface area contributed by atoms with Crippen LogP contribution in [-0.4, -0.2) is 28.2 Å². The summed E-state index contributed by atoms with van der Waals surface area (Å²) in [5.74, 6) is 0. The van der Waals surface area contributed by atoms with Crippen molar-refractivity contribution in [1.82, 2.24) is 9.88 Å². The van der Waals surface area contributed by atoms with Crippen LogP contribution in [0.15, 0.2) is 17.1 Å². The quantitative estimate of drug-likeness (QED) is 0.745. The maximum Gasteiger partial charge on any atom is 0.211 e. The molecule has 1 heterocycles. The van der Waals surface area contributed by atoms with E-state index in [-0.39, 0.29) is 0 Å². The molecule has 0 aliphatic rings. The zero-order chi connectivity index (χ0) is 10.3. The van der Waals surface area contributed by atoms with Crippen LogP contribution in [0.1, 0.15) is 5.69 Å². The Morgan fingerprint density at radius 3 is 2.46 bits per heavy atom. The molecule has 0 radical (unpaired) electrons. The summed E-state index contributed by atoms with van der Waals surface area (Å²) in [5.41, 5.74) is 0.972. The summed E-state index contributed by atoms with van der Waals surface area (Å²) in [7, 11) is 11.3. The molecular formula is C6H10Cl2N2O2S. The van der Waals surface area contributed by atoms with E-state index in [0.717, 1.165) is 12.2 Å². The topological polar surface area (TPSA) is 46.3 Å². The Balaban J connectivity index is 0.000000310. The van der Waals surface area contributed by atoms with Gasteiger partial charge in [-0.05, 0) is 14.1 Å². The Bertz CT molecular complexity index is 237. The number of halogens is 2. The van der Waals surface area contributed by atoms with Crippen molar-refractivity contribution in [2.24, 2.45) is 0 Å². The zero-order valence-corrected chi connectivity index (χ0v) is 9.57. The smallest absolute Gasteiger partial charge is 0.211 e. The lowest BCUT2D eigenvalue weighted by Gasteiger charge is -2.04. The minimum atomic E-state index is -1.67. The van der Waals surface area contributed by atoms with E-state index in [9.17, 15) is 0 Å². The predicted octanol–water partition coefficient (Wildman–Crippen LogP) is 1.78. The van der Waals surface area contributed by atoms with Crippen molar-refractivity contribution in [1.29, 1.82) is 0 Å². The van der Waals surface area contributed by atoms with E-state index < -0.39 is 9.23 Å². The first-order valence-electron chi connectivity index (χ1n) is 3.28. The molecule has 0 atom stereocenters. The fourth-order valence-corrected chi connectivity index (χ4v) is 0.640. The summed E-state index contributed by atoms with van der Waals surface area (Å²) < 4.78 is 13.9. The number of aromatic nitrogens is 1. The summed E-state index contributed by atoms with van der Waals surface area (Å²) in [4.78, 5) is 5.99. The molecule has 13 heavy (non-hydrogen) atoms. The van der Waals surface area contributed by atoms with Crippen LogP contribution < -0.4 is 0 Å². The molecule has 0 amide bonds. The minimum absolute atomic E-state index is 0.844. The van der Waals surface area contributed by atoms with Crippen LogP contribution in [0.2, 0.25) is 0 Å². The fourth-order valence-electron chi connectivity index (χ4n) is 0.640. The van der Waals surface area contributed by atoms with Gasteiger partial charge >= 0.3 is 0 Å². The standard InChI is InChI=1S/C6H10N2O.Cl2OS/c1-8(2)3-6-4-9-5-7-6;1-4(2)3/h4-5H,3H2,1-2H3;. The molecule has 0 saturated carbocycles. The number of rotatable bonds is 2. The van der Waals surface area contributed by atoms with Gasteiger partial charge in [-0.15, -0.1) is 0 Å². The number of oxazole rings is 1. The van der Waals surface area contributed by atoms with Gasteiger partial charge in [0.25, 0.3) is 0 Å². The first-order chi connectivity index (χ1) is 6.02. The number of nitrogens with zero attached hydrogens (tertiary/aromatic N) is 2. The molecule has 0 saturated heterocycles. The van der Waals surface area contributed by atoms with Crippen molar-refractivity contribution in [2.45, 2.75) is 6.54 Å². The Kier molecular flexibility index (Phi) is 7.26. The van der Waals surface area contributed by atoms with Gasteiger partial charge in [0, 0.05) is 27.9 Å². The van der Waals surface area contributed by atoms with Crippen LogP contribution in [0.25, 0.3) is 0 Å². The lowest BCUT2D eigenvalue weighted by Crippen LogP contribution is -2.10. The van der Waals surface area contributed by atoms with Crippen molar-refractivity contribution < 1.29 is 8.63 Å². The molecule has 0 fully saturated rings. The van der Waals surface area contributed by atoms with Gasteiger partial charge in [0.15, 0.2) is 6.39 Å². The molecule has 0 bridgehead atoms. The molecule has 1 rings (SSSR count). The highest BCUT2D eigenvalue weighted by Crippen LogP contribution is 1.95. The van der Waals surface area contributed by atoms with Gasteiger partial charge in [-0.2, -0.15) is 0 Å². The first kappa shape index (κ1) is 12.9. The molecule has 7 heteroatoms. The third-order valence-corrected chi connectivity index (χ3v) is 0.962. The molecule has 0 aromatic carbocycles. The molecule has 0 aliphatic heterocycles. The Hall–Kier alpha value is -0.100. The predicted molar refractivity (Wildman–Crippen MR) is 53.7 cm³/mol. The zero-order valence-electron chi connectivity index (χ0n) is 7.24. The summed E-state index contributed by atoms with van der Waals surface area (Å²) in [6.07, 6.45) is 3.10. The van der Waals surface area contributed by atoms with Crippen molar-refractivity contribution in [3.63, 3.8) is 0 Å². The highest BCUT2D eigenvalue weighted by atomic mass is 36.0. The van der Waals surface area contributed by atoms with E-state index >= 15 is 0 Å². The first-order valence-corrected chi connectivity index (χ1v) is 6.08. The van der Waals surface area contributed by atoms with Crippen LogP contribution in [0.5, 0.6) is 0 Å². The average Bonchev–Trinajstić information content (AvgIpc) is 2.36. The molecule has 0 N–H and O–H groups in total. The van der Waals surface area contributed by atoms with E-state index in [1.807, 2.05) is 19.0 Å². The van der Waals surface area contributed by atoms with Crippen LogP contribution in [0.4, 0.5) is 0 Å². The van der Waals surface area contributed by atoms with Gasteiger partial charge in [-0.3, -0.25) is 0 Å². The lowest BCUT2D eigenvalue weighted by molar-refractivity contribution is 0.396. The minimum Gasteiger partial charge on any atom is -0.451 e. The Morgan fingerprint density at radius 1 is 1.62 bits per heavy atom. The van der Waals surface area contributed by atoms with Crippen LogP contribution in [0.3, 0.4) is 0 Å². The molecule has 76 valence electrons. The molecule has 1 aromatic heterocycles. The molecule has 0 aliphatic carbocycles. The van der Waals surface area contributed by atoms with E-state index in [1.54, 1.807) is 6.26 Å². The highest BCUT2D eigenvalue weighted by Gasteiger charge is 1.95. The van der Waals surface area contributed by atoms with Gasteiger partial charge in [0.1, 0.15) is 6.26 Å². The monoisotopic (exact) mass is 244 g/mol.